The van der Waals surface area contributed by atoms with Crippen LogP contribution in [0, 0.1) is 11.3 Å². The number of nitrogens with one attached hydrogen (secondary N) is 4. The number of hydroxylamine groups is 5. The molecule has 5 atom stereocenters. The molecule has 55 heavy (non-hydrogen) atoms. The van der Waals surface area contributed by atoms with Crippen LogP contribution in [-0.4, -0.2) is 122 Å². The van der Waals surface area contributed by atoms with E-state index in [4.69, 9.17) is 20.6 Å². The van der Waals surface area contributed by atoms with Crippen LogP contribution >= 0.6 is 0 Å². The van der Waals surface area contributed by atoms with Gasteiger partial charge in [0.15, 0.2) is 6.10 Å². The van der Waals surface area contributed by atoms with Crippen LogP contribution in [0.2, 0.25) is 0 Å². The van der Waals surface area contributed by atoms with Crippen LogP contribution in [0.1, 0.15) is 101 Å². The summed E-state index contributed by atoms with van der Waals surface area (Å²) in [7, 11) is 0. The summed E-state index contributed by atoms with van der Waals surface area (Å²) in [6.07, 6.45) is 3.40. The first-order valence-corrected chi connectivity index (χ1v) is 18.3. The van der Waals surface area contributed by atoms with Gasteiger partial charge in [-0.25, -0.2) is 25.2 Å². The molecule has 20 nitrogen and oxygen atoms in total. The Bertz CT molecular complexity index is 1390. The number of nitrogens with two attached hydrogens (primary N) is 1. The highest BCUT2D eigenvalue weighted by atomic mass is 16.6. The second-order valence-corrected chi connectivity index (χ2v) is 13.0. The first kappa shape index (κ1) is 48.0. The van der Waals surface area contributed by atoms with Crippen molar-refractivity contribution in [3.05, 3.63) is 29.8 Å². The average molecular weight is 784 g/mol. The quantitative estimate of drug-likeness (QED) is 0.0108. The molecule has 20 heteroatoms. The fourth-order valence-corrected chi connectivity index (χ4v) is 5.31. The lowest BCUT2D eigenvalue weighted by Crippen LogP contribution is -2.51. The van der Waals surface area contributed by atoms with Crippen molar-refractivity contribution in [2.75, 3.05) is 19.7 Å². The molecule has 0 spiro atoms. The highest BCUT2D eigenvalue weighted by molar-refractivity contribution is 5.93. The van der Waals surface area contributed by atoms with Gasteiger partial charge in [0.25, 0.3) is 11.8 Å². The zero-order valence-corrected chi connectivity index (χ0v) is 31.4. The van der Waals surface area contributed by atoms with E-state index in [1.54, 1.807) is 0 Å². The Morgan fingerprint density at radius 1 is 0.873 bits per heavy atom. The SMILES string of the molecule is CCCCCCCCC[C@H](OC(=O)[C@H](CCCN(O)C=O)NC(=O)[C@@H](O)COC(=O)c1ccccc1O)[C@@H](C)C(=O)N[C@H](CCCN(O)C(=N)N)C(=O)NO. The number of para-hydroxylation sites is 1. The summed E-state index contributed by atoms with van der Waals surface area (Å²) in [6, 6.07) is 2.69. The lowest BCUT2D eigenvalue weighted by molar-refractivity contribution is -0.159. The molecule has 0 aliphatic rings. The van der Waals surface area contributed by atoms with Crippen LogP contribution < -0.4 is 21.8 Å². The molecule has 0 saturated carbocycles. The lowest BCUT2D eigenvalue weighted by Gasteiger charge is -2.28. The second-order valence-electron chi connectivity index (χ2n) is 13.0. The van der Waals surface area contributed by atoms with Crippen LogP contribution in [0.5, 0.6) is 5.75 Å². The molecule has 0 saturated heterocycles. The van der Waals surface area contributed by atoms with Crippen molar-refractivity contribution in [2.45, 2.75) is 115 Å². The number of rotatable bonds is 28. The summed E-state index contributed by atoms with van der Waals surface area (Å²) in [5.41, 5.74) is 6.47. The largest absolute Gasteiger partial charge is 0.507 e. The monoisotopic (exact) mass is 783 g/mol. The number of unbranched alkanes of at least 4 members (excludes halogenated alkanes) is 6. The fraction of sp³-hybridized carbons (Fsp3) is 0.629. The number of aromatic hydroxyl groups is 1. The number of phenols is 1. The first-order valence-electron chi connectivity index (χ1n) is 18.3. The summed E-state index contributed by atoms with van der Waals surface area (Å²) in [5.74, 6) is -6.98. The molecule has 310 valence electrons. The summed E-state index contributed by atoms with van der Waals surface area (Å²) in [6.45, 7) is 2.31. The molecule has 0 aromatic heterocycles. The number of aliphatic hydroxyl groups is 1. The van der Waals surface area contributed by atoms with E-state index in [1.807, 2.05) is 0 Å². The number of amides is 4. The van der Waals surface area contributed by atoms with E-state index in [2.05, 4.69) is 17.6 Å². The van der Waals surface area contributed by atoms with Crippen LogP contribution in [0.3, 0.4) is 0 Å². The lowest BCUT2D eigenvalue weighted by atomic mass is 9.96. The van der Waals surface area contributed by atoms with E-state index in [0.717, 1.165) is 38.5 Å². The zero-order valence-electron chi connectivity index (χ0n) is 31.4. The maximum Gasteiger partial charge on any atom is 0.342 e. The highest BCUT2D eigenvalue weighted by Crippen LogP contribution is 2.20. The van der Waals surface area contributed by atoms with E-state index in [9.17, 15) is 54.6 Å². The maximum absolute atomic E-state index is 13.7. The van der Waals surface area contributed by atoms with Gasteiger partial charge in [0.2, 0.25) is 18.3 Å². The van der Waals surface area contributed by atoms with Gasteiger partial charge in [0.05, 0.1) is 5.92 Å². The molecule has 0 heterocycles. The fourth-order valence-electron chi connectivity index (χ4n) is 5.31. The van der Waals surface area contributed by atoms with E-state index in [1.165, 1.54) is 36.7 Å². The number of hydrogen-bond donors (Lipinski definition) is 10. The predicted octanol–water partition coefficient (Wildman–Crippen LogP) is 1.07. The summed E-state index contributed by atoms with van der Waals surface area (Å²) in [4.78, 5) is 75.7. The Hall–Kier alpha value is -5.05. The van der Waals surface area contributed by atoms with Gasteiger partial charge in [-0.15, -0.1) is 0 Å². The number of benzene rings is 1. The summed E-state index contributed by atoms with van der Waals surface area (Å²) < 4.78 is 10.7. The van der Waals surface area contributed by atoms with Crippen LogP contribution in [0.25, 0.3) is 0 Å². The molecule has 1 rings (SSSR count). The number of carbonyl (C=O) groups excluding carboxylic acids is 6. The number of ether oxygens (including phenoxy) is 2. The number of hydrogen-bond acceptors (Lipinski definition) is 14. The Balaban J connectivity index is 3.16. The molecular formula is C35H57N7O13. The van der Waals surface area contributed by atoms with Gasteiger partial charge in [-0.05, 0) is 50.7 Å². The van der Waals surface area contributed by atoms with Crippen molar-refractivity contribution < 1.29 is 64.1 Å². The number of aliphatic hydroxyl groups excluding tert-OH is 1. The third-order valence-corrected chi connectivity index (χ3v) is 8.62. The van der Waals surface area contributed by atoms with Crippen molar-refractivity contribution in [2.24, 2.45) is 11.7 Å². The zero-order chi connectivity index (χ0) is 41.3. The molecule has 0 radical (unpaired) electrons. The smallest absolute Gasteiger partial charge is 0.342 e. The van der Waals surface area contributed by atoms with Gasteiger partial charge in [-0.2, -0.15) is 0 Å². The van der Waals surface area contributed by atoms with E-state index in [0.29, 0.717) is 16.5 Å². The molecule has 0 bridgehead atoms. The van der Waals surface area contributed by atoms with Gasteiger partial charge in [0, 0.05) is 13.1 Å². The van der Waals surface area contributed by atoms with Crippen LogP contribution in [-0.2, 0) is 33.4 Å². The number of carbonyl (C=O) groups is 6. The van der Waals surface area contributed by atoms with Crippen molar-refractivity contribution in [3.8, 4) is 5.75 Å². The summed E-state index contributed by atoms with van der Waals surface area (Å²) >= 11 is 0. The van der Waals surface area contributed by atoms with Crippen molar-refractivity contribution in [1.82, 2.24) is 26.2 Å². The number of phenolic OH excluding ortho intramolecular Hbond substituents is 1. The van der Waals surface area contributed by atoms with Gasteiger partial charge >= 0.3 is 11.9 Å². The van der Waals surface area contributed by atoms with Crippen LogP contribution in [0.15, 0.2) is 24.3 Å². The van der Waals surface area contributed by atoms with E-state index < -0.39 is 72.4 Å². The van der Waals surface area contributed by atoms with Crippen molar-refractivity contribution >= 4 is 42.0 Å². The van der Waals surface area contributed by atoms with Gasteiger partial charge in [0.1, 0.15) is 36.1 Å². The summed E-state index contributed by atoms with van der Waals surface area (Å²) in [5, 5.41) is 61.6. The van der Waals surface area contributed by atoms with Crippen LogP contribution in [0.4, 0.5) is 0 Å². The molecule has 0 fully saturated rings. The Labute approximate surface area is 319 Å². The topological polar surface area (TPSA) is 314 Å². The third-order valence-electron chi connectivity index (χ3n) is 8.62. The molecule has 1 aromatic carbocycles. The Morgan fingerprint density at radius 3 is 2.09 bits per heavy atom. The maximum atomic E-state index is 13.7. The second kappa shape index (κ2) is 26.7. The molecule has 0 unspecified atom stereocenters. The highest BCUT2D eigenvalue weighted by Gasteiger charge is 2.34. The van der Waals surface area contributed by atoms with E-state index >= 15 is 0 Å². The average Bonchev–Trinajstić information content (AvgIpc) is 3.17. The predicted molar refractivity (Wildman–Crippen MR) is 193 cm³/mol. The van der Waals surface area contributed by atoms with Crippen molar-refractivity contribution in [3.63, 3.8) is 0 Å². The van der Waals surface area contributed by atoms with Gasteiger partial charge in [-0.1, -0.05) is 64.5 Å². The molecule has 4 amide bonds. The number of guanidine groups is 1. The first-order chi connectivity index (χ1) is 26.2. The van der Waals surface area contributed by atoms with E-state index in [-0.39, 0.29) is 62.9 Å². The third kappa shape index (κ3) is 18.7. The number of nitrogens with zero attached hydrogens (tertiary/aromatic N) is 2. The molecule has 0 aliphatic carbocycles. The molecular weight excluding hydrogens is 726 g/mol. The Morgan fingerprint density at radius 2 is 1.47 bits per heavy atom. The van der Waals surface area contributed by atoms with Gasteiger partial charge in [-0.3, -0.25) is 40.2 Å². The molecule has 0 aliphatic heterocycles. The molecule has 11 N–H and O–H groups in total. The van der Waals surface area contributed by atoms with Gasteiger partial charge < -0.3 is 36.1 Å². The normalized spacial score (nSPS) is 13.6. The Kier molecular flexibility index (Phi) is 23.3. The standard InChI is InChI=1S/C35H57N7O13/c1-3-4-5-6-7-8-9-18-29(23(2)30(46)38-25(31(47)40-51)15-13-20-42(53)35(36)37)55-34(50)26(16-12-19-41(52)22-43)39-32(48)28(45)21-54-33(49)24-14-10-11-17-27(24)44/h10-11,14,17,22-23,25-26,28-29,44-45,51-53H,3-9,12-13,15-16,18-21H2,1-2H3,(H3,36,37)(H,38,46)(H,39,48)(H,40,47)/t23-,25-,26+,28+,29+/m1/s1. The minimum Gasteiger partial charge on any atom is -0.507 e. The minimum atomic E-state index is -1.97. The minimum absolute atomic E-state index is 0.0288. The number of esters is 2. The van der Waals surface area contributed by atoms with Crippen molar-refractivity contribution in [1.29, 1.82) is 5.41 Å². The molecule has 1 aromatic rings.